The van der Waals surface area contributed by atoms with Crippen LogP contribution in [0.1, 0.15) is 61.2 Å². The minimum absolute atomic E-state index is 0.288. The van der Waals surface area contributed by atoms with E-state index >= 15 is 0 Å². The van der Waals surface area contributed by atoms with Gasteiger partial charge in [-0.3, -0.25) is 0 Å². The van der Waals surface area contributed by atoms with Gasteiger partial charge in [0.2, 0.25) is 0 Å². The van der Waals surface area contributed by atoms with Crippen molar-refractivity contribution in [2.45, 2.75) is 12.5 Å². The highest BCUT2D eigenvalue weighted by atomic mass is 19.4. The number of nitriles is 10. The molecule has 0 aromatic heterocycles. The third kappa shape index (κ3) is 5.75. The molecule has 55 heavy (non-hydrogen) atoms. The van der Waals surface area contributed by atoms with E-state index in [0.717, 1.165) is 24.3 Å². The lowest BCUT2D eigenvalue weighted by molar-refractivity contribution is -0.274. The molecule has 0 amide bonds. The minimum Gasteiger partial charge on any atom is -0.404 e. The fourth-order valence-corrected chi connectivity index (χ4v) is 6.32. The fraction of sp³-hybridized carbons (Fsp3) is 0.0526. The summed E-state index contributed by atoms with van der Waals surface area (Å²) in [4.78, 5) is 0. The molecule has 0 saturated heterocycles. The third-order valence-corrected chi connectivity index (χ3v) is 8.24. The predicted octanol–water partition coefficient (Wildman–Crippen LogP) is 7.59. The zero-order valence-corrected chi connectivity index (χ0v) is 26.6. The number of fused-ring (bicyclic) bond motifs is 2. The molecule has 0 atom stereocenters. The van der Waals surface area contributed by atoms with Crippen molar-refractivity contribution in [3.05, 3.63) is 109 Å². The van der Waals surface area contributed by atoms with Crippen LogP contribution in [0.5, 0.6) is 5.75 Å². The van der Waals surface area contributed by atoms with Crippen molar-refractivity contribution < 1.29 is 31.1 Å². The number of ether oxygens (including phenoxy) is 1. The first-order valence-corrected chi connectivity index (χ1v) is 14.5. The number of alkyl halides is 6. The van der Waals surface area contributed by atoms with Crippen LogP contribution in [0.4, 0.5) is 26.3 Å². The van der Waals surface area contributed by atoms with Gasteiger partial charge in [0, 0.05) is 44.5 Å². The molecule has 3 aromatic rings. The monoisotopic (exact) mass is 732 g/mol. The molecule has 0 bridgehead atoms. The van der Waals surface area contributed by atoms with Gasteiger partial charge in [-0.1, -0.05) is 12.1 Å². The molecular formula is C38H6F6N10O. The highest BCUT2D eigenvalue weighted by Crippen LogP contribution is 2.58. The average molecular weight is 733 g/mol. The molecule has 0 heterocycles. The Bertz CT molecular complexity index is 2890. The van der Waals surface area contributed by atoms with Gasteiger partial charge in [-0.25, -0.2) is 0 Å². The highest BCUT2D eigenvalue weighted by molar-refractivity contribution is 6.32. The Morgan fingerprint density at radius 1 is 0.491 bits per heavy atom. The maximum atomic E-state index is 14.1. The Kier molecular flexibility index (Phi) is 9.16. The molecule has 0 spiro atoms. The van der Waals surface area contributed by atoms with Gasteiger partial charge in [0.05, 0.1) is 45.0 Å². The second kappa shape index (κ2) is 13.6. The van der Waals surface area contributed by atoms with Crippen LogP contribution in [0, 0.1) is 113 Å². The zero-order chi connectivity index (χ0) is 40.6. The van der Waals surface area contributed by atoms with Crippen molar-refractivity contribution in [3.63, 3.8) is 0 Å². The lowest BCUT2D eigenvalue weighted by Crippen LogP contribution is -2.17. The van der Waals surface area contributed by atoms with E-state index < -0.39 is 119 Å². The van der Waals surface area contributed by atoms with E-state index in [1.165, 1.54) is 12.1 Å². The summed E-state index contributed by atoms with van der Waals surface area (Å²) < 4.78 is 85.5. The molecule has 0 saturated carbocycles. The van der Waals surface area contributed by atoms with Crippen molar-refractivity contribution in [1.29, 1.82) is 52.6 Å². The number of nitrogens with zero attached hydrogens (tertiary/aromatic N) is 10. The zero-order valence-electron chi connectivity index (χ0n) is 26.6. The summed E-state index contributed by atoms with van der Waals surface area (Å²) in [5.74, 6) is -0.975. The van der Waals surface area contributed by atoms with Gasteiger partial charge in [0.1, 0.15) is 71.5 Å². The molecule has 3 aromatic carbocycles. The van der Waals surface area contributed by atoms with Crippen LogP contribution >= 0.6 is 0 Å². The molecule has 256 valence electrons. The largest absolute Gasteiger partial charge is 0.573 e. The summed E-state index contributed by atoms with van der Waals surface area (Å²) in [6.45, 7) is 0. The lowest BCUT2D eigenvalue weighted by Gasteiger charge is -2.16. The summed E-state index contributed by atoms with van der Waals surface area (Å²) in [5, 5.41) is 102. The van der Waals surface area contributed by atoms with E-state index in [-0.39, 0.29) is 5.56 Å². The van der Waals surface area contributed by atoms with Gasteiger partial charge in [-0.2, -0.15) is 65.8 Å². The minimum atomic E-state index is -5.24. The van der Waals surface area contributed by atoms with Crippen LogP contribution in [0.3, 0.4) is 0 Å². The molecule has 0 unspecified atom stereocenters. The number of benzene rings is 3. The predicted molar refractivity (Wildman–Crippen MR) is 171 cm³/mol. The van der Waals surface area contributed by atoms with Crippen LogP contribution < -0.4 is 4.74 Å². The number of hydrogen-bond acceptors (Lipinski definition) is 11. The molecule has 0 aliphatic heterocycles. The molecule has 17 heteroatoms. The topological polar surface area (TPSA) is 247 Å². The van der Waals surface area contributed by atoms with E-state index in [1.54, 1.807) is 48.6 Å². The molecular weight excluding hydrogens is 726 g/mol. The Labute approximate surface area is 304 Å². The van der Waals surface area contributed by atoms with Crippen molar-refractivity contribution in [2.75, 3.05) is 0 Å². The van der Waals surface area contributed by atoms with E-state index in [9.17, 15) is 79.0 Å². The maximum Gasteiger partial charge on any atom is 0.573 e. The normalized spacial score (nSPS) is 12.5. The van der Waals surface area contributed by atoms with E-state index in [4.69, 9.17) is 0 Å². The second-order valence-corrected chi connectivity index (χ2v) is 10.9. The van der Waals surface area contributed by atoms with Crippen LogP contribution in [-0.2, 0) is 6.18 Å². The summed E-state index contributed by atoms with van der Waals surface area (Å²) in [7, 11) is 0. The summed E-state index contributed by atoms with van der Waals surface area (Å²) in [6.07, 6.45) is -10.4. The lowest BCUT2D eigenvalue weighted by atomic mass is 9.82. The molecule has 5 rings (SSSR count). The van der Waals surface area contributed by atoms with Gasteiger partial charge in [-0.15, -0.1) is 13.2 Å². The van der Waals surface area contributed by atoms with Crippen LogP contribution in [0.25, 0.3) is 33.4 Å². The van der Waals surface area contributed by atoms with Crippen LogP contribution in [0.15, 0.2) is 47.5 Å². The van der Waals surface area contributed by atoms with Crippen molar-refractivity contribution in [3.8, 4) is 66.4 Å². The van der Waals surface area contributed by atoms with E-state index in [0.29, 0.717) is 12.1 Å². The van der Waals surface area contributed by atoms with Crippen LogP contribution in [0.2, 0.25) is 0 Å². The summed E-state index contributed by atoms with van der Waals surface area (Å²) >= 11 is 0. The number of allylic oxidation sites excluding steroid dienone is 8. The Morgan fingerprint density at radius 2 is 0.927 bits per heavy atom. The quantitative estimate of drug-likeness (QED) is 0.187. The van der Waals surface area contributed by atoms with Gasteiger partial charge >= 0.3 is 12.5 Å². The average Bonchev–Trinajstić information content (AvgIpc) is 3.67. The first-order chi connectivity index (χ1) is 26.1. The SMILES string of the molecule is N#CC(C#N)=C1C(c2ccc(OC(F)(F)F)c(C#N)c2)=C(C#N)c2c(C#N)c3c(c(C#N)c21)C(C#N)=C(c1ccc(C#N)c(C(F)(F)F)c1)C3=C(C#N)C#N. The molecule has 0 radical (unpaired) electrons. The second-order valence-electron chi connectivity index (χ2n) is 10.9. The third-order valence-electron chi connectivity index (χ3n) is 8.24. The van der Waals surface area contributed by atoms with Gasteiger partial charge in [-0.05, 0) is 35.4 Å². The maximum absolute atomic E-state index is 14.1. The van der Waals surface area contributed by atoms with Gasteiger partial charge < -0.3 is 4.74 Å². The Hall–Kier alpha value is -9.10. The van der Waals surface area contributed by atoms with Gasteiger partial charge in [0.15, 0.2) is 0 Å². The number of rotatable bonds is 3. The first-order valence-electron chi connectivity index (χ1n) is 14.5. The summed E-state index contributed by atoms with van der Waals surface area (Å²) in [6, 6.07) is 20.9. The van der Waals surface area contributed by atoms with Crippen LogP contribution in [-0.4, -0.2) is 6.36 Å². The summed E-state index contributed by atoms with van der Waals surface area (Å²) in [5.41, 5.74) is -12.3. The fourth-order valence-electron chi connectivity index (χ4n) is 6.32. The van der Waals surface area contributed by atoms with E-state index in [1.807, 2.05) is 0 Å². The highest BCUT2D eigenvalue weighted by Gasteiger charge is 2.44. The molecule has 0 N–H and O–H groups in total. The molecule has 11 nitrogen and oxygen atoms in total. The number of hydrogen-bond donors (Lipinski definition) is 0. The van der Waals surface area contributed by atoms with Crippen molar-refractivity contribution >= 4 is 33.4 Å². The molecule has 0 fully saturated rings. The van der Waals surface area contributed by atoms with Crippen molar-refractivity contribution in [1.82, 2.24) is 0 Å². The van der Waals surface area contributed by atoms with Gasteiger partial charge in [0.25, 0.3) is 0 Å². The van der Waals surface area contributed by atoms with Crippen molar-refractivity contribution in [2.24, 2.45) is 0 Å². The smallest absolute Gasteiger partial charge is 0.404 e. The Morgan fingerprint density at radius 3 is 1.29 bits per heavy atom. The first kappa shape index (κ1) is 37.2. The standard InChI is InChI=1S/C38H6F6N10O/c39-37(40,41)27-6-18(1-2-19(27)7-45)30-24(14-52)34-26(16-54)35-31(21(9-47)10-48)29(17-3-4-28(20(5-17)8-46)55-38(42,43)44)23(13-51)33(35)25(15-53)36(34)32(30)22(11-49)12-50/h1-6H. The Balaban J connectivity index is 2.05. The molecule has 2 aliphatic carbocycles. The molecule has 2 aliphatic rings. The number of halogens is 6. The van der Waals surface area contributed by atoms with E-state index in [2.05, 4.69) is 4.74 Å².